The van der Waals surface area contributed by atoms with Gasteiger partial charge in [-0.25, -0.2) is 0 Å². The Morgan fingerprint density at radius 3 is 3.06 bits per heavy atom. The molecule has 1 saturated heterocycles. The predicted molar refractivity (Wildman–Crippen MR) is 60.7 cm³/mol. The molecule has 0 saturated carbocycles. The summed E-state index contributed by atoms with van der Waals surface area (Å²) in [5.41, 5.74) is 0.600. The molecule has 2 heterocycles. The molecule has 0 aliphatic carbocycles. The minimum atomic E-state index is 0.00971. The first-order valence-electron chi connectivity index (χ1n) is 5.70. The van der Waals surface area contributed by atoms with E-state index in [0.29, 0.717) is 31.9 Å². The van der Waals surface area contributed by atoms with E-state index in [-0.39, 0.29) is 12.0 Å². The number of likely N-dealkylation sites (tertiary alicyclic amines) is 1. The van der Waals surface area contributed by atoms with Crippen molar-refractivity contribution in [1.29, 1.82) is 0 Å². The van der Waals surface area contributed by atoms with Gasteiger partial charge in [-0.05, 0) is 6.42 Å². The summed E-state index contributed by atoms with van der Waals surface area (Å²) in [7, 11) is 1.68. The number of nitrogens with one attached hydrogen (secondary N) is 1. The number of methoxy groups -OCH3 is 1. The van der Waals surface area contributed by atoms with E-state index in [2.05, 4.69) is 10.2 Å². The number of aromatic nitrogens is 2. The molecular weight excluding hydrogens is 222 g/mol. The molecule has 0 radical (unpaired) electrons. The van der Waals surface area contributed by atoms with Crippen LogP contribution in [-0.4, -0.2) is 60.5 Å². The summed E-state index contributed by atoms with van der Waals surface area (Å²) < 4.78 is 10.5. The first-order chi connectivity index (χ1) is 8.31. The zero-order valence-electron chi connectivity index (χ0n) is 9.89. The molecule has 0 atom stereocenters. The second-order valence-electron chi connectivity index (χ2n) is 4.04. The molecule has 0 unspecified atom stereocenters. The zero-order chi connectivity index (χ0) is 12.1. The summed E-state index contributed by atoms with van der Waals surface area (Å²) >= 11 is 0. The molecule has 94 valence electrons. The molecule has 0 bridgehead atoms. The molecule has 1 aliphatic rings. The molecule has 6 heteroatoms. The van der Waals surface area contributed by atoms with Crippen LogP contribution < -0.4 is 0 Å². The highest BCUT2D eigenvalue weighted by atomic mass is 16.5. The third-order valence-electron chi connectivity index (χ3n) is 2.73. The largest absolute Gasteiger partial charge is 0.385 e. The van der Waals surface area contributed by atoms with Crippen molar-refractivity contribution < 1.29 is 14.3 Å². The van der Waals surface area contributed by atoms with Crippen LogP contribution in [0.5, 0.6) is 0 Å². The SMILES string of the molecule is COCCCOC1CN(C(=O)c2cn[nH]c2)C1. The lowest BCUT2D eigenvalue weighted by atomic mass is 10.1. The highest BCUT2D eigenvalue weighted by Crippen LogP contribution is 2.15. The van der Waals surface area contributed by atoms with Crippen molar-refractivity contribution in [3.05, 3.63) is 18.0 Å². The van der Waals surface area contributed by atoms with Gasteiger partial charge in [0.05, 0.1) is 17.9 Å². The van der Waals surface area contributed by atoms with Gasteiger partial charge in [-0.15, -0.1) is 0 Å². The molecule has 0 spiro atoms. The average molecular weight is 239 g/mol. The van der Waals surface area contributed by atoms with Crippen LogP contribution in [0.1, 0.15) is 16.8 Å². The maximum absolute atomic E-state index is 11.8. The molecule has 1 amide bonds. The van der Waals surface area contributed by atoms with Crippen LogP contribution in [0.3, 0.4) is 0 Å². The summed E-state index contributed by atoms with van der Waals surface area (Å²) in [6.45, 7) is 2.73. The summed E-state index contributed by atoms with van der Waals surface area (Å²) in [5, 5.41) is 6.39. The Hall–Kier alpha value is -1.40. The third-order valence-corrected chi connectivity index (χ3v) is 2.73. The standard InChI is InChI=1S/C11H17N3O3/c1-16-3-2-4-17-10-7-14(8-10)11(15)9-5-12-13-6-9/h5-6,10H,2-4,7-8H2,1H3,(H,12,13). The number of ether oxygens (including phenoxy) is 2. The van der Waals surface area contributed by atoms with Crippen molar-refractivity contribution in [3.8, 4) is 0 Å². The summed E-state index contributed by atoms with van der Waals surface area (Å²) in [6, 6.07) is 0. The van der Waals surface area contributed by atoms with Crippen LogP contribution in [0, 0.1) is 0 Å². The molecule has 0 aromatic carbocycles. The fourth-order valence-electron chi connectivity index (χ4n) is 1.71. The molecular formula is C11H17N3O3. The Morgan fingerprint density at radius 2 is 2.41 bits per heavy atom. The van der Waals surface area contributed by atoms with E-state index in [1.807, 2.05) is 0 Å². The van der Waals surface area contributed by atoms with Crippen molar-refractivity contribution in [2.24, 2.45) is 0 Å². The van der Waals surface area contributed by atoms with E-state index in [1.54, 1.807) is 18.2 Å². The van der Waals surface area contributed by atoms with Crippen molar-refractivity contribution >= 4 is 5.91 Å². The highest BCUT2D eigenvalue weighted by molar-refractivity contribution is 5.94. The molecule has 1 aromatic heterocycles. The van der Waals surface area contributed by atoms with Gasteiger partial charge >= 0.3 is 0 Å². The Labute approximate surface area is 99.9 Å². The monoisotopic (exact) mass is 239 g/mol. The summed E-state index contributed by atoms with van der Waals surface area (Å²) in [5.74, 6) is 0.00971. The van der Waals surface area contributed by atoms with Gasteiger partial charge in [0.15, 0.2) is 0 Å². The smallest absolute Gasteiger partial charge is 0.257 e. The van der Waals surface area contributed by atoms with Gasteiger partial charge in [0, 0.05) is 39.6 Å². The van der Waals surface area contributed by atoms with Gasteiger partial charge in [-0.3, -0.25) is 9.89 Å². The summed E-state index contributed by atoms with van der Waals surface area (Å²) in [6.07, 6.45) is 4.20. The lowest BCUT2D eigenvalue weighted by molar-refractivity contribution is -0.0464. The van der Waals surface area contributed by atoms with Crippen LogP contribution in [0.25, 0.3) is 0 Å². The van der Waals surface area contributed by atoms with E-state index in [9.17, 15) is 4.79 Å². The van der Waals surface area contributed by atoms with E-state index < -0.39 is 0 Å². The van der Waals surface area contributed by atoms with Crippen LogP contribution in [0.4, 0.5) is 0 Å². The Balaban J connectivity index is 1.64. The second kappa shape index (κ2) is 5.79. The van der Waals surface area contributed by atoms with Gasteiger partial charge in [-0.2, -0.15) is 5.10 Å². The topological polar surface area (TPSA) is 67.5 Å². The molecule has 17 heavy (non-hydrogen) atoms. The first kappa shape index (κ1) is 12.1. The minimum Gasteiger partial charge on any atom is -0.385 e. The minimum absolute atomic E-state index is 0.00971. The first-order valence-corrected chi connectivity index (χ1v) is 5.70. The molecule has 1 fully saturated rings. The van der Waals surface area contributed by atoms with Gasteiger partial charge in [-0.1, -0.05) is 0 Å². The van der Waals surface area contributed by atoms with Crippen molar-refractivity contribution in [3.63, 3.8) is 0 Å². The van der Waals surface area contributed by atoms with Crippen molar-refractivity contribution in [2.75, 3.05) is 33.4 Å². The van der Waals surface area contributed by atoms with Crippen molar-refractivity contribution in [1.82, 2.24) is 15.1 Å². The highest BCUT2D eigenvalue weighted by Gasteiger charge is 2.31. The number of carbonyl (C=O) groups excluding carboxylic acids is 1. The van der Waals surface area contributed by atoms with Crippen molar-refractivity contribution in [2.45, 2.75) is 12.5 Å². The average Bonchev–Trinajstić information content (AvgIpc) is 2.79. The number of hydrogen-bond acceptors (Lipinski definition) is 4. The van der Waals surface area contributed by atoms with E-state index in [1.165, 1.54) is 6.20 Å². The Morgan fingerprint density at radius 1 is 1.59 bits per heavy atom. The number of nitrogens with zero attached hydrogens (tertiary/aromatic N) is 2. The van der Waals surface area contributed by atoms with Crippen LogP contribution in [0.15, 0.2) is 12.4 Å². The van der Waals surface area contributed by atoms with Gasteiger partial charge in [0.2, 0.25) is 0 Å². The maximum Gasteiger partial charge on any atom is 0.257 e. The molecule has 1 aliphatic heterocycles. The number of amides is 1. The molecule has 6 nitrogen and oxygen atoms in total. The second-order valence-corrected chi connectivity index (χ2v) is 4.04. The Bertz CT molecular complexity index is 347. The van der Waals surface area contributed by atoms with E-state index in [4.69, 9.17) is 9.47 Å². The molecule has 1 aromatic rings. The summed E-state index contributed by atoms with van der Waals surface area (Å²) in [4.78, 5) is 13.6. The van der Waals surface area contributed by atoms with Gasteiger partial charge in [0.25, 0.3) is 5.91 Å². The van der Waals surface area contributed by atoms with E-state index in [0.717, 1.165) is 6.42 Å². The predicted octanol–water partition coefficient (Wildman–Crippen LogP) is 0.287. The maximum atomic E-state index is 11.8. The van der Waals surface area contributed by atoms with Crippen LogP contribution in [0.2, 0.25) is 0 Å². The number of H-pyrrole nitrogens is 1. The van der Waals surface area contributed by atoms with Crippen LogP contribution >= 0.6 is 0 Å². The number of rotatable bonds is 6. The number of carbonyl (C=O) groups is 1. The quantitative estimate of drug-likeness (QED) is 0.724. The fraction of sp³-hybridized carbons (Fsp3) is 0.636. The third kappa shape index (κ3) is 3.04. The van der Waals surface area contributed by atoms with Gasteiger partial charge < -0.3 is 14.4 Å². The number of aromatic amines is 1. The van der Waals surface area contributed by atoms with Crippen LogP contribution in [-0.2, 0) is 9.47 Å². The van der Waals surface area contributed by atoms with Gasteiger partial charge in [0.1, 0.15) is 0 Å². The fourth-order valence-corrected chi connectivity index (χ4v) is 1.71. The normalized spacial score (nSPS) is 15.9. The Kier molecular flexibility index (Phi) is 4.11. The zero-order valence-corrected chi connectivity index (χ0v) is 9.89. The molecule has 2 rings (SSSR count). The lowest BCUT2D eigenvalue weighted by Gasteiger charge is -2.38. The molecule has 1 N–H and O–H groups in total. The number of hydrogen-bond donors (Lipinski definition) is 1. The lowest BCUT2D eigenvalue weighted by Crippen LogP contribution is -2.54. The van der Waals surface area contributed by atoms with E-state index >= 15 is 0 Å².